The van der Waals surface area contributed by atoms with Crippen molar-refractivity contribution in [1.29, 1.82) is 0 Å². The number of ether oxygens (including phenoxy) is 2. The number of nitrogens with zero attached hydrogens (tertiary/aromatic N) is 1. The third kappa shape index (κ3) is 6.43. The van der Waals surface area contributed by atoms with E-state index < -0.39 is 0 Å². The summed E-state index contributed by atoms with van der Waals surface area (Å²) < 4.78 is 11.4. The fraction of sp³-hybridized carbons (Fsp3) is 0.429. The lowest BCUT2D eigenvalue weighted by Crippen LogP contribution is -2.31. The number of benzene rings is 2. The molecule has 0 aromatic heterocycles. The highest BCUT2D eigenvalue weighted by Gasteiger charge is 2.14. The van der Waals surface area contributed by atoms with Crippen LogP contribution in [0.5, 0.6) is 11.5 Å². The predicted octanol–water partition coefficient (Wildman–Crippen LogP) is 5.67. The van der Waals surface area contributed by atoms with Gasteiger partial charge >= 0.3 is 0 Å². The first-order chi connectivity index (χ1) is 13.5. The highest BCUT2D eigenvalue weighted by Crippen LogP contribution is 2.38. The van der Waals surface area contributed by atoms with Crippen molar-refractivity contribution < 1.29 is 9.47 Å². The number of rotatable bonds is 11. The minimum atomic E-state index is 0.204. The molecule has 7 heteroatoms. The van der Waals surface area contributed by atoms with Gasteiger partial charge in [0.15, 0.2) is 11.5 Å². The fourth-order valence-electron chi connectivity index (χ4n) is 2.84. The Morgan fingerprint density at radius 1 is 1.00 bits per heavy atom. The second-order valence-corrected chi connectivity index (χ2v) is 7.52. The summed E-state index contributed by atoms with van der Waals surface area (Å²) >= 11 is 18.9. The summed E-state index contributed by atoms with van der Waals surface area (Å²) in [5.74, 6) is 1.06. The first-order valence-electron chi connectivity index (χ1n) is 9.35. The molecule has 2 aromatic rings. The summed E-state index contributed by atoms with van der Waals surface area (Å²) in [6.45, 7) is 9.27. The van der Waals surface area contributed by atoms with Gasteiger partial charge in [0.05, 0.1) is 12.1 Å². The molecule has 0 bridgehead atoms. The largest absolute Gasteiger partial charge is 0.493 e. The van der Waals surface area contributed by atoms with Gasteiger partial charge in [-0.25, -0.2) is 0 Å². The molecule has 0 aliphatic heterocycles. The number of hydrogen-bond donors (Lipinski definition) is 1. The average Bonchev–Trinajstić information content (AvgIpc) is 2.68. The van der Waals surface area contributed by atoms with Gasteiger partial charge in [-0.15, -0.1) is 0 Å². The lowest BCUT2D eigenvalue weighted by molar-refractivity contribution is 0.284. The van der Waals surface area contributed by atoms with Crippen LogP contribution in [0.4, 0.5) is 0 Å². The highest BCUT2D eigenvalue weighted by atomic mass is 35.5. The van der Waals surface area contributed by atoms with E-state index in [-0.39, 0.29) is 6.61 Å². The van der Waals surface area contributed by atoms with Crippen LogP contribution in [0.25, 0.3) is 0 Å². The van der Waals surface area contributed by atoms with Crippen LogP contribution in [0.1, 0.15) is 25.0 Å². The first-order valence-corrected chi connectivity index (χ1v) is 10.5. The van der Waals surface area contributed by atoms with Crippen LogP contribution in [0.15, 0.2) is 30.3 Å². The van der Waals surface area contributed by atoms with Crippen molar-refractivity contribution in [3.8, 4) is 11.5 Å². The Kier molecular flexibility index (Phi) is 9.69. The SMILES string of the molecule is CCN(CC)CCNCc1cc(Cl)c(OCc2c(Cl)cccc2Cl)c(OC)c1. The topological polar surface area (TPSA) is 33.7 Å². The van der Waals surface area contributed by atoms with E-state index in [1.807, 2.05) is 12.1 Å². The van der Waals surface area contributed by atoms with Gasteiger partial charge in [0.25, 0.3) is 0 Å². The second-order valence-electron chi connectivity index (χ2n) is 6.30. The van der Waals surface area contributed by atoms with Gasteiger partial charge in [0.2, 0.25) is 0 Å². The maximum atomic E-state index is 6.46. The quantitative estimate of drug-likeness (QED) is 0.452. The van der Waals surface area contributed by atoms with E-state index in [0.717, 1.165) is 31.7 Å². The summed E-state index contributed by atoms with van der Waals surface area (Å²) in [4.78, 5) is 2.37. The van der Waals surface area contributed by atoms with Crippen LogP contribution >= 0.6 is 34.8 Å². The Labute approximate surface area is 182 Å². The Morgan fingerprint density at radius 3 is 2.29 bits per heavy atom. The van der Waals surface area contributed by atoms with E-state index in [1.165, 1.54) is 0 Å². The van der Waals surface area contributed by atoms with Gasteiger partial charge in [-0.05, 0) is 42.9 Å². The van der Waals surface area contributed by atoms with Crippen molar-refractivity contribution >= 4 is 34.8 Å². The van der Waals surface area contributed by atoms with Gasteiger partial charge in [-0.1, -0.05) is 54.7 Å². The molecule has 0 heterocycles. The number of hydrogen-bond acceptors (Lipinski definition) is 4. The zero-order valence-electron chi connectivity index (χ0n) is 16.5. The van der Waals surface area contributed by atoms with Crippen LogP contribution in [-0.4, -0.2) is 38.2 Å². The van der Waals surface area contributed by atoms with E-state index in [2.05, 4.69) is 24.1 Å². The normalized spacial score (nSPS) is 11.1. The van der Waals surface area contributed by atoms with Gasteiger partial charge in [0.1, 0.15) is 6.61 Å². The third-order valence-electron chi connectivity index (χ3n) is 4.54. The smallest absolute Gasteiger partial charge is 0.180 e. The van der Waals surface area contributed by atoms with Crippen molar-refractivity contribution in [2.75, 3.05) is 33.3 Å². The van der Waals surface area contributed by atoms with E-state index in [9.17, 15) is 0 Å². The minimum Gasteiger partial charge on any atom is -0.493 e. The van der Waals surface area contributed by atoms with Crippen molar-refractivity contribution in [2.45, 2.75) is 27.0 Å². The van der Waals surface area contributed by atoms with Gasteiger partial charge in [-0.3, -0.25) is 0 Å². The average molecular weight is 446 g/mol. The van der Waals surface area contributed by atoms with E-state index in [0.29, 0.717) is 38.7 Å². The molecule has 0 spiro atoms. The molecule has 0 radical (unpaired) electrons. The summed E-state index contributed by atoms with van der Waals surface area (Å²) in [6.07, 6.45) is 0. The predicted molar refractivity (Wildman–Crippen MR) is 118 cm³/mol. The second kappa shape index (κ2) is 11.7. The van der Waals surface area contributed by atoms with E-state index >= 15 is 0 Å². The van der Waals surface area contributed by atoms with Crippen LogP contribution in [0.2, 0.25) is 15.1 Å². The lowest BCUT2D eigenvalue weighted by atomic mass is 10.2. The number of likely N-dealkylation sites (N-methyl/N-ethyl adjacent to an activating group) is 1. The first kappa shape index (κ1) is 23.1. The Bertz CT molecular complexity index is 747. The standard InChI is InChI=1S/C21H27Cl3N2O2/c1-4-26(5-2)10-9-25-13-15-11-19(24)21(20(12-15)27-3)28-14-16-17(22)7-6-8-18(16)23/h6-8,11-12,25H,4-5,9-10,13-14H2,1-3H3. The molecule has 0 saturated carbocycles. The van der Waals surface area contributed by atoms with Crippen LogP contribution < -0.4 is 14.8 Å². The molecule has 0 saturated heterocycles. The number of nitrogens with one attached hydrogen (secondary N) is 1. The number of halogens is 3. The molecule has 0 fully saturated rings. The lowest BCUT2D eigenvalue weighted by Gasteiger charge is -2.18. The summed E-state index contributed by atoms with van der Waals surface area (Å²) in [6, 6.07) is 9.16. The van der Waals surface area contributed by atoms with Gasteiger partial charge < -0.3 is 19.7 Å². The zero-order valence-corrected chi connectivity index (χ0v) is 18.8. The number of methoxy groups -OCH3 is 1. The minimum absolute atomic E-state index is 0.204. The molecule has 28 heavy (non-hydrogen) atoms. The molecular weight excluding hydrogens is 419 g/mol. The maximum absolute atomic E-state index is 6.46. The van der Waals surface area contributed by atoms with Gasteiger partial charge in [0, 0.05) is 35.2 Å². The molecular formula is C21H27Cl3N2O2. The van der Waals surface area contributed by atoms with E-state index in [1.54, 1.807) is 25.3 Å². The fourth-order valence-corrected chi connectivity index (χ4v) is 3.63. The molecule has 2 aromatic carbocycles. The molecule has 4 nitrogen and oxygen atoms in total. The third-order valence-corrected chi connectivity index (χ3v) is 5.53. The summed E-state index contributed by atoms with van der Waals surface area (Å²) in [5.41, 5.74) is 1.75. The molecule has 0 unspecified atom stereocenters. The monoisotopic (exact) mass is 444 g/mol. The summed E-state index contributed by atoms with van der Waals surface area (Å²) in [7, 11) is 1.60. The Hall–Kier alpha value is -1.17. The molecule has 0 amide bonds. The van der Waals surface area contributed by atoms with Crippen LogP contribution in [-0.2, 0) is 13.2 Å². The summed E-state index contributed by atoms with van der Waals surface area (Å²) in [5, 5.41) is 5.03. The molecule has 0 atom stereocenters. The van der Waals surface area contributed by atoms with Gasteiger partial charge in [-0.2, -0.15) is 0 Å². The molecule has 2 rings (SSSR count). The van der Waals surface area contributed by atoms with E-state index in [4.69, 9.17) is 44.3 Å². The molecule has 0 aliphatic carbocycles. The molecule has 0 aliphatic rings. The zero-order chi connectivity index (χ0) is 20.5. The van der Waals surface area contributed by atoms with Crippen molar-refractivity contribution in [1.82, 2.24) is 10.2 Å². The Balaban J connectivity index is 2.02. The molecule has 1 N–H and O–H groups in total. The van der Waals surface area contributed by atoms with Crippen molar-refractivity contribution in [2.24, 2.45) is 0 Å². The van der Waals surface area contributed by atoms with Crippen LogP contribution in [0.3, 0.4) is 0 Å². The van der Waals surface area contributed by atoms with Crippen LogP contribution in [0, 0.1) is 0 Å². The molecule has 154 valence electrons. The van der Waals surface area contributed by atoms with Crippen molar-refractivity contribution in [3.63, 3.8) is 0 Å². The Morgan fingerprint density at radius 2 is 1.68 bits per heavy atom. The van der Waals surface area contributed by atoms with Crippen molar-refractivity contribution in [3.05, 3.63) is 56.5 Å². The maximum Gasteiger partial charge on any atom is 0.180 e. The highest BCUT2D eigenvalue weighted by molar-refractivity contribution is 6.36.